The zero-order valence-electron chi connectivity index (χ0n) is 18.2. The van der Waals surface area contributed by atoms with E-state index in [-0.39, 0.29) is 11.9 Å². The first-order valence-corrected chi connectivity index (χ1v) is 10.7. The van der Waals surface area contributed by atoms with Crippen molar-refractivity contribution in [3.05, 3.63) is 52.5 Å². The van der Waals surface area contributed by atoms with Gasteiger partial charge < -0.3 is 24.3 Å². The summed E-state index contributed by atoms with van der Waals surface area (Å²) < 4.78 is 22.0. The third kappa shape index (κ3) is 5.81. The molecule has 2 aromatic carbocycles. The number of rotatable bonds is 9. The second kappa shape index (κ2) is 11.2. The van der Waals surface area contributed by atoms with Crippen LogP contribution in [0, 0.1) is 0 Å². The van der Waals surface area contributed by atoms with Gasteiger partial charge in [-0.2, -0.15) is 0 Å². The lowest BCUT2D eigenvalue weighted by Gasteiger charge is -2.35. The van der Waals surface area contributed by atoms with Gasteiger partial charge in [0, 0.05) is 24.7 Å². The summed E-state index contributed by atoms with van der Waals surface area (Å²) in [7, 11) is 3.15. The molecule has 31 heavy (non-hydrogen) atoms. The number of carbonyl (C=O) groups excluding carboxylic acids is 1. The molecule has 1 aliphatic heterocycles. The molecule has 1 heterocycles. The van der Waals surface area contributed by atoms with Crippen molar-refractivity contribution < 1.29 is 23.7 Å². The SMILES string of the molecule is CCOc1ccc([C@H](CNC(=O)c2cc(Cl)ccc2OC)N2CCOCC2)cc1OC. The zero-order chi connectivity index (χ0) is 22.2. The fourth-order valence-corrected chi connectivity index (χ4v) is 3.83. The highest BCUT2D eigenvalue weighted by Crippen LogP contribution is 2.32. The monoisotopic (exact) mass is 448 g/mol. The Balaban J connectivity index is 1.83. The van der Waals surface area contributed by atoms with Gasteiger partial charge in [-0.05, 0) is 42.8 Å². The van der Waals surface area contributed by atoms with Crippen molar-refractivity contribution in [3.8, 4) is 17.2 Å². The van der Waals surface area contributed by atoms with Crippen molar-refractivity contribution >= 4 is 17.5 Å². The third-order valence-electron chi connectivity index (χ3n) is 5.22. The smallest absolute Gasteiger partial charge is 0.255 e. The number of nitrogens with zero attached hydrogens (tertiary/aromatic N) is 1. The van der Waals surface area contributed by atoms with Crippen molar-refractivity contribution in [2.45, 2.75) is 13.0 Å². The van der Waals surface area contributed by atoms with Crippen LogP contribution in [0.25, 0.3) is 0 Å². The lowest BCUT2D eigenvalue weighted by atomic mass is 10.0. The number of amides is 1. The Morgan fingerprint density at radius 2 is 1.81 bits per heavy atom. The van der Waals surface area contributed by atoms with Gasteiger partial charge in [0.05, 0.1) is 45.6 Å². The second-order valence-electron chi connectivity index (χ2n) is 7.06. The van der Waals surface area contributed by atoms with E-state index in [2.05, 4.69) is 10.2 Å². The molecule has 168 valence electrons. The van der Waals surface area contributed by atoms with Crippen LogP contribution in [-0.2, 0) is 4.74 Å². The summed E-state index contributed by atoms with van der Waals surface area (Å²) in [4.78, 5) is 15.2. The van der Waals surface area contributed by atoms with E-state index in [1.54, 1.807) is 25.3 Å². The normalized spacial score (nSPS) is 15.2. The van der Waals surface area contributed by atoms with Crippen molar-refractivity contribution in [2.24, 2.45) is 0 Å². The van der Waals surface area contributed by atoms with Crippen molar-refractivity contribution in [1.82, 2.24) is 10.2 Å². The van der Waals surface area contributed by atoms with E-state index in [0.717, 1.165) is 18.7 Å². The first kappa shape index (κ1) is 23.2. The van der Waals surface area contributed by atoms with E-state index in [0.29, 0.717) is 54.2 Å². The van der Waals surface area contributed by atoms with Crippen LogP contribution in [-0.4, -0.2) is 64.5 Å². The van der Waals surface area contributed by atoms with Gasteiger partial charge in [-0.1, -0.05) is 17.7 Å². The summed E-state index contributed by atoms with van der Waals surface area (Å²) in [5.41, 5.74) is 1.43. The summed E-state index contributed by atoms with van der Waals surface area (Å²) in [5.74, 6) is 1.60. The molecular weight excluding hydrogens is 420 g/mol. The minimum Gasteiger partial charge on any atom is -0.496 e. The summed E-state index contributed by atoms with van der Waals surface area (Å²) in [6, 6.07) is 10.8. The maximum absolute atomic E-state index is 12.9. The highest BCUT2D eigenvalue weighted by atomic mass is 35.5. The molecule has 1 aliphatic rings. The fourth-order valence-electron chi connectivity index (χ4n) is 3.66. The zero-order valence-corrected chi connectivity index (χ0v) is 18.9. The van der Waals surface area contributed by atoms with Gasteiger partial charge in [-0.3, -0.25) is 9.69 Å². The maximum Gasteiger partial charge on any atom is 0.255 e. The number of benzene rings is 2. The maximum atomic E-state index is 12.9. The van der Waals surface area contributed by atoms with E-state index in [1.165, 1.54) is 7.11 Å². The number of ether oxygens (including phenoxy) is 4. The molecule has 0 saturated carbocycles. The number of methoxy groups -OCH3 is 2. The highest BCUT2D eigenvalue weighted by molar-refractivity contribution is 6.31. The molecule has 1 fully saturated rings. The Morgan fingerprint density at radius 1 is 1.10 bits per heavy atom. The molecule has 0 radical (unpaired) electrons. The number of halogens is 1. The van der Waals surface area contributed by atoms with Crippen molar-refractivity contribution in [2.75, 3.05) is 53.7 Å². The van der Waals surface area contributed by atoms with Gasteiger partial charge >= 0.3 is 0 Å². The quantitative estimate of drug-likeness (QED) is 0.632. The average Bonchev–Trinajstić information content (AvgIpc) is 2.80. The number of morpholine rings is 1. The third-order valence-corrected chi connectivity index (χ3v) is 5.46. The van der Waals surface area contributed by atoms with E-state index in [9.17, 15) is 4.79 Å². The van der Waals surface area contributed by atoms with Crippen molar-refractivity contribution in [3.63, 3.8) is 0 Å². The van der Waals surface area contributed by atoms with Crippen LogP contribution in [0.5, 0.6) is 17.2 Å². The Hall–Kier alpha value is -2.48. The van der Waals surface area contributed by atoms with Crippen LogP contribution < -0.4 is 19.5 Å². The van der Waals surface area contributed by atoms with Crippen molar-refractivity contribution in [1.29, 1.82) is 0 Å². The molecule has 1 saturated heterocycles. The van der Waals surface area contributed by atoms with Gasteiger partial charge in [-0.25, -0.2) is 0 Å². The van der Waals surface area contributed by atoms with Crippen LogP contribution >= 0.6 is 11.6 Å². The van der Waals surface area contributed by atoms with Crippen LogP contribution in [0.2, 0.25) is 5.02 Å². The fraction of sp³-hybridized carbons (Fsp3) is 0.435. The van der Waals surface area contributed by atoms with Gasteiger partial charge in [0.2, 0.25) is 0 Å². The lowest BCUT2D eigenvalue weighted by molar-refractivity contribution is 0.0162. The Labute approximate surface area is 188 Å². The highest BCUT2D eigenvalue weighted by Gasteiger charge is 2.25. The molecule has 8 heteroatoms. The molecule has 0 bridgehead atoms. The van der Waals surface area contributed by atoms with Gasteiger partial charge in [0.1, 0.15) is 5.75 Å². The predicted molar refractivity (Wildman–Crippen MR) is 120 cm³/mol. The van der Waals surface area contributed by atoms with E-state index in [4.69, 9.17) is 30.5 Å². The molecule has 0 unspecified atom stereocenters. The number of hydrogen-bond acceptors (Lipinski definition) is 6. The van der Waals surface area contributed by atoms with Crippen LogP contribution in [0.15, 0.2) is 36.4 Å². The molecular formula is C23H29ClN2O5. The molecule has 0 aliphatic carbocycles. The van der Waals surface area contributed by atoms with Gasteiger partial charge in [-0.15, -0.1) is 0 Å². The Bertz CT molecular complexity index is 886. The Morgan fingerprint density at radius 3 is 2.48 bits per heavy atom. The standard InChI is InChI=1S/C23H29ClN2O5/c1-4-31-21-7-5-16(13-22(21)29-3)19(26-9-11-30-12-10-26)15-25-23(27)18-14-17(24)6-8-20(18)28-2/h5-8,13-14,19H,4,9-12,15H2,1-3H3,(H,25,27)/t19-/m0/s1. The second-order valence-corrected chi connectivity index (χ2v) is 7.50. The summed E-state index contributed by atoms with van der Waals surface area (Å²) in [6.45, 7) is 5.75. The first-order chi connectivity index (χ1) is 15.1. The minimum atomic E-state index is -0.240. The average molecular weight is 449 g/mol. The summed E-state index contributed by atoms with van der Waals surface area (Å²) in [5, 5.41) is 3.52. The van der Waals surface area contributed by atoms with Gasteiger partial charge in [0.15, 0.2) is 11.5 Å². The summed E-state index contributed by atoms with van der Waals surface area (Å²) >= 11 is 6.09. The molecule has 7 nitrogen and oxygen atoms in total. The Kier molecular flexibility index (Phi) is 8.40. The lowest BCUT2D eigenvalue weighted by Crippen LogP contribution is -2.43. The summed E-state index contributed by atoms with van der Waals surface area (Å²) in [6.07, 6.45) is 0. The first-order valence-electron chi connectivity index (χ1n) is 10.3. The molecule has 1 atom stereocenters. The number of carbonyl (C=O) groups is 1. The van der Waals surface area contributed by atoms with E-state index in [1.807, 2.05) is 25.1 Å². The minimum absolute atomic E-state index is 0.0531. The predicted octanol–water partition coefficient (Wildman–Crippen LogP) is 3.56. The molecule has 3 rings (SSSR count). The van der Waals surface area contributed by atoms with Crippen LogP contribution in [0.3, 0.4) is 0 Å². The van der Waals surface area contributed by atoms with Crippen LogP contribution in [0.4, 0.5) is 0 Å². The largest absolute Gasteiger partial charge is 0.496 e. The van der Waals surface area contributed by atoms with E-state index < -0.39 is 0 Å². The number of hydrogen-bond donors (Lipinski definition) is 1. The molecule has 0 aromatic heterocycles. The molecule has 0 spiro atoms. The number of nitrogens with one attached hydrogen (secondary N) is 1. The van der Waals surface area contributed by atoms with E-state index >= 15 is 0 Å². The topological polar surface area (TPSA) is 69.3 Å². The van der Waals surface area contributed by atoms with Crippen LogP contribution in [0.1, 0.15) is 28.9 Å². The molecule has 1 N–H and O–H groups in total. The molecule has 2 aromatic rings. The molecule has 1 amide bonds. The van der Waals surface area contributed by atoms with Gasteiger partial charge in [0.25, 0.3) is 5.91 Å².